The molecule has 0 saturated heterocycles. The topological polar surface area (TPSA) is 84.5 Å². The lowest BCUT2D eigenvalue weighted by atomic mass is 10.1. The number of nitrogens with one attached hydrogen (secondary N) is 2. The van der Waals surface area contributed by atoms with Crippen LogP contribution in [-0.4, -0.2) is 40.1 Å². The fourth-order valence-electron chi connectivity index (χ4n) is 2.65. The van der Waals surface area contributed by atoms with Gasteiger partial charge < -0.3 is 10.1 Å². The Kier molecular flexibility index (Phi) is 7.53. The highest BCUT2D eigenvalue weighted by atomic mass is 32.2. The molecular weight excluding hydrogens is 364 g/mol. The molecule has 1 amide bonds. The van der Waals surface area contributed by atoms with E-state index in [1.807, 2.05) is 37.3 Å². The summed E-state index contributed by atoms with van der Waals surface area (Å²) in [7, 11) is -2.29. The van der Waals surface area contributed by atoms with E-state index in [1.54, 1.807) is 26.2 Å². The van der Waals surface area contributed by atoms with Crippen LogP contribution in [0.5, 0.6) is 0 Å². The summed E-state index contributed by atoms with van der Waals surface area (Å²) < 4.78 is 33.1. The largest absolute Gasteiger partial charge is 0.383 e. The Labute approximate surface area is 161 Å². The van der Waals surface area contributed by atoms with Crippen molar-refractivity contribution in [3.8, 4) is 0 Å². The Morgan fingerprint density at radius 2 is 1.70 bits per heavy atom. The van der Waals surface area contributed by atoms with Gasteiger partial charge in [0.1, 0.15) is 6.04 Å². The molecule has 146 valence electrons. The molecule has 2 atom stereocenters. The van der Waals surface area contributed by atoms with Crippen LogP contribution in [0, 0.1) is 6.92 Å². The van der Waals surface area contributed by atoms with Crippen LogP contribution in [0.25, 0.3) is 0 Å². The second-order valence-electron chi connectivity index (χ2n) is 6.54. The summed E-state index contributed by atoms with van der Waals surface area (Å²) >= 11 is 0. The quantitative estimate of drug-likeness (QED) is 0.686. The van der Waals surface area contributed by atoms with Crippen molar-refractivity contribution in [1.29, 1.82) is 0 Å². The number of carbonyl (C=O) groups excluding carboxylic acids is 1. The third-order valence-electron chi connectivity index (χ3n) is 4.03. The van der Waals surface area contributed by atoms with E-state index < -0.39 is 16.1 Å². The summed E-state index contributed by atoms with van der Waals surface area (Å²) in [6, 6.07) is 14.6. The van der Waals surface area contributed by atoms with Crippen molar-refractivity contribution in [1.82, 2.24) is 10.0 Å². The Morgan fingerprint density at radius 1 is 1.07 bits per heavy atom. The van der Waals surface area contributed by atoms with Crippen molar-refractivity contribution in [3.05, 3.63) is 65.7 Å². The van der Waals surface area contributed by atoms with Gasteiger partial charge in [0.2, 0.25) is 15.9 Å². The normalized spacial score (nSPS) is 13.7. The number of hydrogen-bond donors (Lipinski definition) is 2. The molecule has 0 fully saturated rings. The van der Waals surface area contributed by atoms with Gasteiger partial charge in [-0.25, -0.2) is 8.42 Å². The van der Waals surface area contributed by atoms with E-state index in [2.05, 4.69) is 10.0 Å². The summed E-state index contributed by atoms with van der Waals surface area (Å²) in [5.74, 6) is -0.390. The molecule has 0 saturated carbocycles. The SMILES string of the molecule is COC[C@H](C)NC(=O)[C@@H](Cc1ccccc1)NS(=O)(=O)c1ccc(C)cc1. The summed E-state index contributed by atoms with van der Waals surface area (Å²) in [5, 5.41) is 2.79. The minimum Gasteiger partial charge on any atom is -0.383 e. The second kappa shape index (κ2) is 9.64. The molecule has 27 heavy (non-hydrogen) atoms. The Bertz CT molecular complexity index is 836. The molecule has 0 aliphatic heterocycles. The maximum Gasteiger partial charge on any atom is 0.241 e. The number of ether oxygens (including phenoxy) is 1. The molecule has 0 heterocycles. The number of amides is 1. The highest BCUT2D eigenvalue weighted by Gasteiger charge is 2.26. The first-order valence-corrected chi connectivity index (χ1v) is 10.2. The fourth-order valence-corrected chi connectivity index (χ4v) is 3.84. The number of aryl methyl sites for hydroxylation is 1. The lowest BCUT2D eigenvalue weighted by molar-refractivity contribution is -0.123. The van der Waals surface area contributed by atoms with E-state index in [4.69, 9.17) is 4.74 Å². The number of rotatable bonds is 9. The number of benzene rings is 2. The lowest BCUT2D eigenvalue weighted by Crippen LogP contribution is -2.50. The van der Waals surface area contributed by atoms with E-state index in [9.17, 15) is 13.2 Å². The number of hydrogen-bond acceptors (Lipinski definition) is 4. The highest BCUT2D eigenvalue weighted by Crippen LogP contribution is 2.12. The molecule has 0 aliphatic carbocycles. The van der Waals surface area contributed by atoms with Crippen molar-refractivity contribution in [2.75, 3.05) is 13.7 Å². The average Bonchev–Trinajstić information content (AvgIpc) is 2.62. The van der Waals surface area contributed by atoms with Crippen molar-refractivity contribution in [2.24, 2.45) is 0 Å². The van der Waals surface area contributed by atoms with Crippen LogP contribution in [0.4, 0.5) is 0 Å². The zero-order chi connectivity index (χ0) is 19.9. The van der Waals surface area contributed by atoms with Crippen LogP contribution < -0.4 is 10.0 Å². The first kappa shape index (κ1) is 21.1. The molecule has 0 unspecified atom stereocenters. The predicted octanol–water partition coefficient (Wildman–Crippen LogP) is 2.04. The van der Waals surface area contributed by atoms with Gasteiger partial charge in [0.25, 0.3) is 0 Å². The van der Waals surface area contributed by atoms with E-state index >= 15 is 0 Å². The molecule has 0 spiro atoms. The van der Waals surface area contributed by atoms with Gasteiger partial charge in [-0.05, 0) is 38.0 Å². The van der Waals surface area contributed by atoms with Crippen LogP contribution in [0.2, 0.25) is 0 Å². The first-order valence-electron chi connectivity index (χ1n) is 8.74. The molecular formula is C20H26N2O4S. The zero-order valence-electron chi connectivity index (χ0n) is 15.8. The van der Waals surface area contributed by atoms with Crippen LogP contribution in [0.3, 0.4) is 0 Å². The smallest absolute Gasteiger partial charge is 0.241 e. The van der Waals surface area contributed by atoms with Gasteiger partial charge in [0, 0.05) is 13.2 Å². The van der Waals surface area contributed by atoms with E-state index in [-0.39, 0.29) is 23.3 Å². The van der Waals surface area contributed by atoms with Crippen molar-refractivity contribution in [2.45, 2.75) is 37.2 Å². The molecule has 0 radical (unpaired) electrons. The Balaban J connectivity index is 2.22. The van der Waals surface area contributed by atoms with Gasteiger partial charge in [-0.3, -0.25) is 4.79 Å². The van der Waals surface area contributed by atoms with Gasteiger partial charge in [-0.15, -0.1) is 0 Å². The third kappa shape index (κ3) is 6.46. The Morgan fingerprint density at radius 3 is 2.30 bits per heavy atom. The monoisotopic (exact) mass is 390 g/mol. The summed E-state index contributed by atoms with van der Waals surface area (Å²) in [6.45, 7) is 4.02. The van der Waals surface area contributed by atoms with Crippen molar-refractivity contribution in [3.63, 3.8) is 0 Å². The molecule has 2 aromatic rings. The first-order chi connectivity index (χ1) is 12.8. The highest BCUT2D eigenvalue weighted by molar-refractivity contribution is 7.89. The second-order valence-corrected chi connectivity index (χ2v) is 8.26. The van der Waals surface area contributed by atoms with Gasteiger partial charge >= 0.3 is 0 Å². The third-order valence-corrected chi connectivity index (χ3v) is 5.52. The average molecular weight is 391 g/mol. The molecule has 2 rings (SSSR count). The molecule has 7 heteroatoms. The van der Waals surface area contributed by atoms with E-state index in [1.165, 1.54) is 12.1 Å². The molecule has 0 aliphatic rings. The van der Waals surface area contributed by atoms with Gasteiger partial charge in [-0.2, -0.15) is 4.72 Å². The molecule has 6 nitrogen and oxygen atoms in total. The minimum absolute atomic E-state index is 0.129. The maximum atomic E-state index is 12.7. The number of carbonyl (C=O) groups is 1. The minimum atomic E-state index is -3.83. The van der Waals surface area contributed by atoms with Crippen LogP contribution in [0.15, 0.2) is 59.5 Å². The lowest BCUT2D eigenvalue weighted by Gasteiger charge is -2.21. The standard InChI is InChI=1S/C20H26N2O4S/c1-15-9-11-18(12-10-15)27(24,25)22-19(13-17-7-5-4-6-8-17)20(23)21-16(2)14-26-3/h4-12,16,19,22H,13-14H2,1-3H3,(H,21,23)/t16-,19+/m0/s1. The number of methoxy groups -OCH3 is 1. The fraction of sp³-hybridized carbons (Fsp3) is 0.350. The van der Waals surface area contributed by atoms with Crippen LogP contribution in [-0.2, 0) is 26.0 Å². The molecule has 0 bridgehead atoms. The van der Waals surface area contributed by atoms with Gasteiger partial charge in [0.05, 0.1) is 11.5 Å². The van der Waals surface area contributed by atoms with Gasteiger partial charge in [0.15, 0.2) is 0 Å². The van der Waals surface area contributed by atoms with E-state index in [0.29, 0.717) is 6.61 Å². The summed E-state index contributed by atoms with van der Waals surface area (Å²) in [4.78, 5) is 12.8. The maximum absolute atomic E-state index is 12.7. The van der Waals surface area contributed by atoms with Crippen LogP contribution >= 0.6 is 0 Å². The zero-order valence-corrected chi connectivity index (χ0v) is 16.6. The Hall–Kier alpha value is -2.22. The molecule has 2 aromatic carbocycles. The van der Waals surface area contributed by atoms with Crippen molar-refractivity contribution >= 4 is 15.9 Å². The number of sulfonamides is 1. The van der Waals surface area contributed by atoms with Gasteiger partial charge in [-0.1, -0.05) is 48.0 Å². The summed E-state index contributed by atoms with van der Waals surface area (Å²) in [5.41, 5.74) is 1.82. The molecule has 0 aromatic heterocycles. The molecule has 2 N–H and O–H groups in total. The van der Waals surface area contributed by atoms with E-state index in [0.717, 1.165) is 11.1 Å². The summed E-state index contributed by atoms with van der Waals surface area (Å²) in [6.07, 6.45) is 0.247. The predicted molar refractivity (Wildman–Crippen MR) is 105 cm³/mol. The van der Waals surface area contributed by atoms with Crippen LogP contribution in [0.1, 0.15) is 18.1 Å². The van der Waals surface area contributed by atoms with Crippen molar-refractivity contribution < 1.29 is 17.9 Å².